The average molecular weight is 530 g/mol. The van der Waals surface area contributed by atoms with Crippen LogP contribution in [0.2, 0.25) is 5.02 Å². The lowest BCUT2D eigenvalue weighted by Gasteiger charge is -2.13. The molecule has 0 atom stereocenters. The van der Waals surface area contributed by atoms with Gasteiger partial charge in [0.05, 0.1) is 19.4 Å². The summed E-state index contributed by atoms with van der Waals surface area (Å²) in [5.74, 6) is 1.41. The van der Waals surface area contributed by atoms with Gasteiger partial charge in [0.25, 0.3) is 0 Å². The molecule has 0 aliphatic heterocycles. The van der Waals surface area contributed by atoms with Crippen molar-refractivity contribution in [1.82, 2.24) is 10.6 Å². The molecular formula is C18H23ClF2IN3O3. The lowest BCUT2D eigenvalue weighted by molar-refractivity contribution is -0.0504. The van der Waals surface area contributed by atoms with Crippen LogP contribution in [0.1, 0.15) is 11.3 Å². The molecule has 1 aromatic carbocycles. The van der Waals surface area contributed by atoms with Gasteiger partial charge in [-0.3, -0.25) is 0 Å². The maximum atomic E-state index is 12.6. The van der Waals surface area contributed by atoms with Crippen molar-refractivity contribution in [1.29, 1.82) is 0 Å². The summed E-state index contributed by atoms with van der Waals surface area (Å²) in [7, 11) is 1.60. The third-order valence-electron chi connectivity index (χ3n) is 3.49. The zero-order valence-corrected chi connectivity index (χ0v) is 18.4. The number of rotatable bonds is 10. The van der Waals surface area contributed by atoms with Crippen molar-refractivity contribution in [3.8, 4) is 5.75 Å². The number of aliphatic imine (C=N–C) groups is 1. The maximum Gasteiger partial charge on any atom is 0.387 e. The normalized spacial score (nSPS) is 11.2. The molecule has 156 valence electrons. The van der Waals surface area contributed by atoms with Crippen LogP contribution in [0.4, 0.5) is 8.78 Å². The summed E-state index contributed by atoms with van der Waals surface area (Å²) in [4.78, 5) is 4.42. The molecule has 2 rings (SSSR count). The van der Waals surface area contributed by atoms with Crippen LogP contribution in [0.5, 0.6) is 5.75 Å². The molecule has 2 N–H and O–H groups in total. The Balaban J connectivity index is 0.00000392. The highest BCUT2D eigenvalue weighted by atomic mass is 127. The highest BCUT2D eigenvalue weighted by molar-refractivity contribution is 14.0. The van der Waals surface area contributed by atoms with Gasteiger partial charge in [0.15, 0.2) is 5.96 Å². The lowest BCUT2D eigenvalue weighted by atomic mass is 10.2. The third-order valence-corrected chi connectivity index (χ3v) is 3.72. The molecule has 0 radical (unpaired) electrons. The quantitative estimate of drug-likeness (QED) is 0.210. The van der Waals surface area contributed by atoms with Gasteiger partial charge in [0.1, 0.15) is 11.5 Å². The van der Waals surface area contributed by atoms with E-state index in [1.165, 1.54) is 12.1 Å². The van der Waals surface area contributed by atoms with Gasteiger partial charge in [-0.15, -0.1) is 24.0 Å². The lowest BCUT2D eigenvalue weighted by Crippen LogP contribution is -2.40. The molecule has 2 aromatic rings. The van der Waals surface area contributed by atoms with Crippen LogP contribution >= 0.6 is 35.6 Å². The number of hydrogen-bond donors (Lipinski definition) is 2. The fraction of sp³-hybridized carbons (Fsp3) is 0.389. The van der Waals surface area contributed by atoms with Crippen molar-refractivity contribution in [2.45, 2.75) is 19.6 Å². The molecule has 28 heavy (non-hydrogen) atoms. The van der Waals surface area contributed by atoms with Crippen molar-refractivity contribution in [3.63, 3.8) is 0 Å². The summed E-state index contributed by atoms with van der Waals surface area (Å²) in [6, 6.07) is 8.16. The van der Waals surface area contributed by atoms with Gasteiger partial charge in [-0.25, -0.2) is 4.99 Å². The average Bonchev–Trinajstić information content (AvgIpc) is 3.14. The van der Waals surface area contributed by atoms with Crippen LogP contribution < -0.4 is 15.4 Å². The fourth-order valence-corrected chi connectivity index (χ4v) is 2.45. The van der Waals surface area contributed by atoms with E-state index in [-0.39, 0.29) is 36.3 Å². The molecule has 0 bridgehead atoms. The summed E-state index contributed by atoms with van der Waals surface area (Å²) in [6.07, 6.45) is 2.29. The molecule has 1 heterocycles. The van der Waals surface area contributed by atoms with Crippen molar-refractivity contribution >= 4 is 41.5 Å². The van der Waals surface area contributed by atoms with Crippen molar-refractivity contribution in [3.05, 3.63) is 52.9 Å². The number of ether oxygens (including phenoxy) is 2. The van der Waals surface area contributed by atoms with Gasteiger partial charge in [0, 0.05) is 37.2 Å². The van der Waals surface area contributed by atoms with E-state index in [9.17, 15) is 8.78 Å². The Morgan fingerprint density at radius 3 is 2.71 bits per heavy atom. The maximum absolute atomic E-state index is 12.6. The van der Waals surface area contributed by atoms with Gasteiger partial charge in [-0.2, -0.15) is 8.78 Å². The Bertz CT molecular complexity index is 718. The second-order valence-corrected chi connectivity index (χ2v) is 5.91. The molecule has 0 aliphatic carbocycles. The summed E-state index contributed by atoms with van der Waals surface area (Å²) >= 11 is 5.96. The first-order valence-electron chi connectivity index (χ1n) is 8.35. The molecular weight excluding hydrogens is 507 g/mol. The van der Waals surface area contributed by atoms with E-state index in [2.05, 4.69) is 20.4 Å². The number of furan rings is 1. The highest BCUT2D eigenvalue weighted by Gasteiger charge is 2.10. The molecule has 0 unspecified atom stereocenters. The second-order valence-electron chi connectivity index (χ2n) is 5.47. The minimum absolute atomic E-state index is 0. The molecule has 0 aliphatic rings. The summed E-state index contributed by atoms with van der Waals surface area (Å²) in [6.45, 7) is -1.18. The number of nitrogens with zero attached hydrogens (tertiary/aromatic N) is 1. The van der Waals surface area contributed by atoms with Gasteiger partial charge < -0.3 is 24.5 Å². The predicted octanol–water partition coefficient (Wildman–Crippen LogP) is 4.08. The Morgan fingerprint density at radius 1 is 1.25 bits per heavy atom. The molecule has 0 amide bonds. The van der Waals surface area contributed by atoms with E-state index in [4.69, 9.17) is 20.8 Å². The number of halogens is 4. The van der Waals surface area contributed by atoms with E-state index in [1.807, 2.05) is 12.1 Å². The molecule has 1 aromatic heterocycles. The molecule has 10 heteroatoms. The van der Waals surface area contributed by atoms with Crippen LogP contribution in [-0.2, 0) is 17.7 Å². The third kappa shape index (κ3) is 9.07. The van der Waals surface area contributed by atoms with Crippen LogP contribution in [0, 0.1) is 0 Å². The van der Waals surface area contributed by atoms with Gasteiger partial charge in [-0.1, -0.05) is 11.6 Å². The topological polar surface area (TPSA) is 68.0 Å². The molecule has 0 saturated carbocycles. The first-order chi connectivity index (χ1) is 13.1. The zero-order valence-electron chi connectivity index (χ0n) is 15.3. The van der Waals surface area contributed by atoms with Crippen LogP contribution in [-0.4, -0.2) is 39.4 Å². The number of benzene rings is 1. The molecule has 6 nitrogen and oxygen atoms in total. The summed E-state index contributed by atoms with van der Waals surface area (Å²) < 4.78 is 40.0. The van der Waals surface area contributed by atoms with Crippen LogP contribution in [0.3, 0.4) is 0 Å². The van der Waals surface area contributed by atoms with E-state index in [1.54, 1.807) is 19.4 Å². The minimum atomic E-state index is -2.92. The van der Waals surface area contributed by atoms with E-state index in [0.717, 1.165) is 5.76 Å². The number of alkyl halides is 2. The van der Waals surface area contributed by atoms with Crippen molar-refractivity contribution in [2.75, 3.05) is 26.8 Å². The SMILES string of the molecule is COCCNC(=NCc1cc(Cl)ccc1OC(F)F)NCCc1ccco1.I. The number of hydrogen-bond acceptors (Lipinski definition) is 4. The summed E-state index contributed by atoms with van der Waals surface area (Å²) in [5, 5.41) is 6.69. The Kier molecular flexibility index (Phi) is 11.8. The first kappa shape index (κ1) is 24.4. The van der Waals surface area contributed by atoms with Gasteiger partial charge >= 0.3 is 6.61 Å². The van der Waals surface area contributed by atoms with Crippen LogP contribution in [0.25, 0.3) is 0 Å². The largest absolute Gasteiger partial charge is 0.469 e. The van der Waals surface area contributed by atoms with Crippen molar-refractivity contribution in [2.24, 2.45) is 4.99 Å². The molecule has 0 saturated heterocycles. The number of methoxy groups -OCH3 is 1. The van der Waals surface area contributed by atoms with E-state index >= 15 is 0 Å². The monoisotopic (exact) mass is 529 g/mol. The fourth-order valence-electron chi connectivity index (χ4n) is 2.25. The predicted molar refractivity (Wildman–Crippen MR) is 115 cm³/mol. The smallest absolute Gasteiger partial charge is 0.387 e. The van der Waals surface area contributed by atoms with Crippen molar-refractivity contribution < 1.29 is 22.7 Å². The van der Waals surface area contributed by atoms with Gasteiger partial charge in [0.2, 0.25) is 0 Å². The first-order valence-corrected chi connectivity index (χ1v) is 8.73. The Labute approximate surface area is 184 Å². The highest BCUT2D eigenvalue weighted by Crippen LogP contribution is 2.25. The van der Waals surface area contributed by atoms with E-state index in [0.29, 0.717) is 42.7 Å². The number of nitrogens with one attached hydrogen (secondary N) is 2. The second kappa shape index (κ2) is 13.6. The zero-order chi connectivity index (χ0) is 19.5. The number of guanidine groups is 1. The standard InChI is InChI=1S/C18H22ClF2N3O3.HI/c1-25-10-8-23-18(22-7-6-15-3-2-9-26-15)24-12-13-11-14(19)4-5-16(13)27-17(20)21;/h2-5,9,11,17H,6-8,10,12H2,1H3,(H2,22,23,24);1H. The van der Waals surface area contributed by atoms with Gasteiger partial charge in [-0.05, 0) is 30.3 Å². The molecule has 0 spiro atoms. The van der Waals surface area contributed by atoms with Crippen LogP contribution in [0.15, 0.2) is 46.0 Å². The Morgan fingerprint density at radius 2 is 2.04 bits per heavy atom. The summed E-state index contributed by atoms with van der Waals surface area (Å²) in [5.41, 5.74) is 0.460. The minimum Gasteiger partial charge on any atom is -0.469 e. The van der Waals surface area contributed by atoms with E-state index < -0.39 is 6.61 Å². The molecule has 0 fully saturated rings. The Hall–Kier alpha value is -1.59.